The first-order valence-electron chi connectivity index (χ1n) is 2.89. The summed E-state index contributed by atoms with van der Waals surface area (Å²) in [6.07, 6.45) is 0. The fourth-order valence-corrected chi connectivity index (χ4v) is 1.02. The van der Waals surface area contributed by atoms with Gasteiger partial charge in [-0.25, -0.2) is 0 Å². The van der Waals surface area contributed by atoms with Crippen molar-refractivity contribution < 1.29 is 0 Å². The predicted octanol–water partition coefficient (Wildman–Crippen LogP) is 2.95. The molecule has 0 amide bonds. The van der Waals surface area contributed by atoms with Crippen molar-refractivity contribution in [3.8, 4) is 0 Å². The van der Waals surface area contributed by atoms with E-state index in [0.717, 1.165) is 5.69 Å². The van der Waals surface area contributed by atoms with E-state index < -0.39 is 0 Å². The zero-order valence-corrected chi connectivity index (χ0v) is 6.78. The van der Waals surface area contributed by atoms with Crippen LogP contribution < -0.4 is 5.32 Å². The second-order valence-electron chi connectivity index (χ2n) is 1.79. The van der Waals surface area contributed by atoms with Crippen molar-refractivity contribution >= 4 is 28.9 Å². The fourth-order valence-electron chi connectivity index (χ4n) is 0.677. The molecule has 0 saturated carbocycles. The maximum Gasteiger partial charge on any atom is 0.0902 e. The van der Waals surface area contributed by atoms with Crippen LogP contribution in [0.1, 0.15) is 0 Å². The molecule has 0 heterocycles. The van der Waals surface area contributed by atoms with Crippen LogP contribution >= 0.6 is 23.2 Å². The van der Waals surface area contributed by atoms with E-state index in [2.05, 4.69) is 5.32 Å². The van der Waals surface area contributed by atoms with Gasteiger partial charge in [0, 0.05) is 0 Å². The number of benzene rings is 1. The molecule has 0 bridgehead atoms. The van der Waals surface area contributed by atoms with Gasteiger partial charge in [0.15, 0.2) is 0 Å². The van der Waals surface area contributed by atoms with Crippen LogP contribution in [0.3, 0.4) is 0 Å². The molecule has 0 aliphatic heterocycles. The lowest BCUT2D eigenvalue weighted by molar-refractivity contribution is 1.45. The van der Waals surface area contributed by atoms with Gasteiger partial charge in [-0.3, -0.25) is 0 Å². The first-order chi connectivity index (χ1) is 4.84. The number of hydrogen-bond donors (Lipinski definition) is 1. The van der Waals surface area contributed by atoms with Crippen molar-refractivity contribution in [3.05, 3.63) is 29.3 Å². The number of nitrogens with one attached hydrogen (secondary N) is 1. The highest BCUT2D eigenvalue weighted by molar-refractivity contribution is 6.33. The Kier molecular flexibility index (Phi) is 2.84. The van der Waals surface area contributed by atoms with Gasteiger partial charge in [0.05, 0.1) is 16.7 Å². The van der Waals surface area contributed by atoms with Gasteiger partial charge in [0.2, 0.25) is 0 Å². The van der Waals surface area contributed by atoms with Crippen molar-refractivity contribution in [2.24, 2.45) is 0 Å². The summed E-state index contributed by atoms with van der Waals surface area (Å²) in [6.45, 7) is 0. The summed E-state index contributed by atoms with van der Waals surface area (Å²) in [6, 6.07) is 7.85. The lowest BCUT2D eigenvalue weighted by atomic mass is 10.3. The van der Waals surface area contributed by atoms with Crippen LogP contribution in [0.2, 0.25) is 5.02 Å². The average molecular weight is 176 g/mol. The molecular weight excluding hydrogens is 169 g/mol. The summed E-state index contributed by atoms with van der Waals surface area (Å²) in [7, 11) is 0. The van der Waals surface area contributed by atoms with E-state index in [-0.39, 0.29) is 0 Å². The molecule has 0 aliphatic carbocycles. The molecule has 3 heteroatoms. The Morgan fingerprint density at radius 1 is 1.30 bits per heavy atom. The van der Waals surface area contributed by atoms with Gasteiger partial charge in [-0.05, 0) is 12.1 Å². The minimum Gasteiger partial charge on any atom is -0.370 e. The van der Waals surface area contributed by atoms with Crippen LogP contribution in [-0.2, 0) is 0 Å². The van der Waals surface area contributed by atoms with E-state index >= 15 is 0 Å². The Hall–Kier alpha value is -0.400. The second-order valence-corrected chi connectivity index (χ2v) is 2.46. The molecule has 0 aromatic heterocycles. The van der Waals surface area contributed by atoms with Crippen LogP contribution in [0.25, 0.3) is 0 Å². The number of para-hydroxylation sites is 1. The number of alkyl halides is 1. The van der Waals surface area contributed by atoms with E-state index in [9.17, 15) is 0 Å². The molecule has 0 aliphatic rings. The molecule has 10 heavy (non-hydrogen) atoms. The average Bonchev–Trinajstić information content (AvgIpc) is 1.94. The highest BCUT2D eigenvalue weighted by atomic mass is 35.5. The van der Waals surface area contributed by atoms with Gasteiger partial charge in [-0.2, -0.15) is 0 Å². The molecule has 0 unspecified atom stereocenters. The Balaban J connectivity index is 2.81. The molecule has 1 nitrogen and oxygen atoms in total. The maximum absolute atomic E-state index is 5.78. The lowest BCUT2D eigenvalue weighted by Gasteiger charge is -2.02. The number of rotatable bonds is 2. The SMILES string of the molecule is ClCNc1ccccc1Cl. The molecule has 54 valence electrons. The van der Waals surface area contributed by atoms with Crippen molar-refractivity contribution in [3.63, 3.8) is 0 Å². The van der Waals surface area contributed by atoms with E-state index in [4.69, 9.17) is 23.2 Å². The first-order valence-corrected chi connectivity index (χ1v) is 3.80. The highest BCUT2D eigenvalue weighted by Crippen LogP contribution is 2.19. The highest BCUT2D eigenvalue weighted by Gasteiger charge is 1.93. The normalized spacial score (nSPS) is 9.40. The van der Waals surface area contributed by atoms with E-state index in [0.29, 0.717) is 11.0 Å². The first kappa shape index (κ1) is 7.70. The Bertz CT molecular complexity index is 213. The summed E-state index contributed by atoms with van der Waals surface area (Å²) in [5.41, 5.74) is 0.874. The monoisotopic (exact) mass is 175 g/mol. The Labute approximate surface area is 70.0 Å². The largest absolute Gasteiger partial charge is 0.370 e. The summed E-state index contributed by atoms with van der Waals surface area (Å²) in [5, 5.41) is 3.61. The Morgan fingerprint density at radius 3 is 2.60 bits per heavy atom. The van der Waals surface area contributed by atoms with E-state index in [1.54, 1.807) is 0 Å². The van der Waals surface area contributed by atoms with E-state index in [1.807, 2.05) is 24.3 Å². The fraction of sp³-hybridized carbons (Fsp3) is 0.143. The van der Waals surface area contributed by atoms with Crippen LogP contribution in [0.4, 0.5) is 5.69 Å². The van der Waals surface area contributed by atoms with Gasteiger partial charge in [0.25, 0.3) is 0 Å². The minimum atomic E-state index is 0.379. The Morgan fingerprint density at radius 2 is 2.00 bits per heavy atom. The second kappa shape index (κ2) is 3.69. The molecular formula is C7H7Cl2N. The number of hydrogen-bond acceptors (Lipinski definition) is 1. The van der Waals surface area contributed by atoms with E-state index in [1.165, 1.54) is 0 Å². The zero-order chi connectivity index (χ0) is 7.40. The summed E-state index contributed by atoms with van der Waals surface area (Å²) < 4.78 is 0. The molecule has 1 aromatic rings. The van der Waals surface area contributed by atoms with Crippen LogP contribution in [-0.4, -0.2) is 6.00 Å². The molecule has 0 spiro atoms. The number of halogens is 2. The summed E-state index contributed by atoms with van der Waals surface area (Å²) in [5.74, 6) is 0. The van der Waals surface area contributed by atoms with Crippen molar-refractivity contribution in [2.75, 3.05) is 11.3 Å². The van der Waals surface area contributed by atoms with Gasteiger partial charge in [0.1, 0.15) is 0 Å². The third-order valence-electron chi connectivity index (χ3n) is 1.13. The summed E-state index contributed by atoms with van der Waals surface area (Å²) in [4.78, 5) is 0. The standard InChI is InChI=1S/C7H7Cl2N/c8-5-10-7-4-2-1-3-6(7)9/h1-4,10H,5H2. The third-order valence-corrected chi connectivity index (χ3v) is 1.59. The predicted molar refractivity (Wildman–Crippen MR) is 45.8 cm³/mol. The molecule has 1 aromatic carbocycles. The maximum atomic E-state index is 5.78. The van der Waals surface area contributed by atoms with Crippen LogP contribution in [0, 0.1) is 0 Å². The minimum absolute atomic E-state index is 0.379. The molecule has 1 N–H and O–H groups in total. The van der Waals surface area contributed by atoms with Crippen molar-refractivity contribution in [1.82, 2.24) is 0 Å². The quantitative estimate of drug-likeness (QED) is 0.539. The number of anilines is 1. The molecule has 0 atom stereocenters. The third kappa shape index (κ3) is 1.79. The van der Waals surface area contributed by atoms with Gasteiger partial charge in [-0.1, -0.05) is 23.7 Å². The lowest BCUT2D eigenvalue weighted by Crippen LogP contribution is -1.93. The van der Waals surface area contributed by atoms with Gasteiger partial charge in [-0.15, -0.1) is 11.6 Å². The van der Waals surface area contributed by atoms with Crippen molar-refractivity contribution in [2.45, 2.75) is 0 Å². The van der Waals surface area contributed by atoms with Crippen LogP contribution in [0.15, 0.2) is 24.3 Å². The van der Waals surface area contributed by atoms with Gasteiger partial charge < -0.3 is 5.32 Å². The zero-order valence-electron chi connectivity index (χ0n) is 5.27. The molecule has 0 fully saturated rings. The van der Waals surface area contributed by atoms with Crippen molar-refractivity contribution in [1.29, 1.82) is 0 Å². The van der Waals surface area contributed by atoms with Crippen LogP contribution in [0.5, 0.6) is 0 Å². The molecule has 1 rings (SSSR count). The van der Waals surface area contributed by atoms with Gasteiger partial charge >= 0.3 is 0 Å². The smallest absolute Gasteiger partial charge is 0.0902 e. The summed E-state index contributed by atoms with van der Waals surface area (Å²) >= 11 is 11.2. The molecule has 0 saturated heterocycles. The molecule has 0 radical (unpaired) electrons. The topological polar surface area (TPSA) is 12.0 Å².